The van der Waals surface area contributed by atoms with Gasteiger partial charge in [-0.2, -0.15) is 5.10 Å². The zero-order chi connectivity index (χ0) is 17.1. The van der Waals surface area contributed by atoms with Crippen LogP contribution in [0.1, 0.15) is 37.3 Å². The Kier molecular flexibility index (Phi) is 5.18. The van der Waals surface area contributed by atoms with Crippen LogP contribution in [0.3, 0.4) is 0 Å². The highest BCUT2D eigenvalue weighted by atomic mass is 16.2. The maximum absolute atomic E-state index is 12.9. The second-order valence-corrected chi connectivity index (χ2v) is 6.98. The van der Waals surface area contributed by atoms with Gasteiger partial charge in [-0.05, 0) is 38.6 Å². The van der Waals surface area contributed by atoms with Crippen LogP contribution in [0.5, 0.6) is 0 Å². The SMILES string of the molecule is CNC(C(=O)N1CCCC(C(=O)NCC2CC2)C1)c1cnn(C)c1. The van der Waals surface area contributed by atoms with E-state index in [0.717, 1.165) is 24.9 Å². The molecule has 7 nitrogen and oxygen atoms in total. The number of aromatic nitrogens is 2. The number of carbonyl (C=O) groups excluding carboxylic acids is 2. The van der Waals surface area contributed by atoms with Crippen molar-refractivity contribution in [2.24, 2.45) is 18.9 Å². The minimum Gasteiger partial charge on any atom is -0.356 e. The lowest BCUT2D eigenvalue weighted by molar-refractivity contribution is -0.137. The summed E-state index contributed by atoms with van der Waals surface area (Å²) in [4.78, 5) is 27.0. The largest absolute Gasteiger partial charge is 0.356 e. The molecule has 3 rings (SSSR count). The topological polar surface area (TPSA) is 79.3 Å². The summed E-state index contributed by atoms with van der Waals surface area (Å²) in [6, 6.07) is -0.410. The Hall–Kier alpha value is -1.89. The lowest BCUT2D eigenvalue weighted by atomic mass is 9.96. The molecule has 2 amide bonds. The van der Waals surface area contributed by atoms with E-state index in [4.69, 9.17) is 0 Å². The van der Waals surface area contributed by atoms with Crippen molar-refractivity contribution in [3.05, 3.63) is 18.0 Å². The summed E-state index contributed by atoms with van der Waals surface area (Å²) < 4.78 is 1.69. The van der Waals surface area contributed by atoms with Gasteiger partial charge in [0, 0.05) is 38.4 Å². The monoisotopic (exact) mass is 333 g/mol. The second kappa shape index (κ2) is 7.34. The number of likely N-dealkylation sites (tertiary alicyclic amines) is 1. The highest BCUT2D eigenvalue weighted by Gasteiger charge is 2.33. The van der Waals surface area contributed by atoms with Gasteiger partial charge >= 0.3 is 0 Å². The highest BCUT2D eigenvalue weighted by molar-refractivity contribution is 5.85. The van der Waals surface area contributed by atoms with Crippen LogP contribution in [0.15, 0.2) is 12.4 Å². The number of nitrogens with zero attached hydrogens (tertiary/aromatic N) is 3. The van der Waals surface area contributed by atoms with Crippen molar-refractivity contribution in [1.82, 2.24) is 25.3 Å². The molecule has 1 aliphatic heterocycles. The van der Waals surface area contributed by atoms with E-state index in [-0.39, 0.29) is 17.7 Å². The lowest BCUT2D eigenvalue weighted by Crippen LogP contribution is -2.48. The fourth-order valence-electron chi connectivity index (χ4n) is 3.31. The van der Waals surface area contributed by atoms with Crippen LogP contribution in [0, 0.1) is 11.8 Å². The lowest BCUT2D eigenvalue weighted by Gasteiger charge is -2.34. The summed E-state index contributed by atoms with van der Waals surface area (Å²) in [5.74, 6) is 0.703. The van der Waals surface area contributed by atoms with E-state index in [9.17, 15) is 9.59 Å². The number of piperidine rings is 1. The number of hydrogen-bond donors (Lipinski definition) is 2. The zero-order valence-electron chi connectivity index (χ0n) is 14.5. The van der Waals surface area contributed by atoms with Gasteiger partial charge in [-0.1, -0.05) is 0 Å². The van der Waals surface area contributed by atoms with Crippen molar-refractivity contribution in [2.45, 2.75) is 31.7 Å². The number of hydrogen-bond acceptors (Lipinski definition) is 4. The zero-order valence-corrected chi connectivity index (χ0v) is 14.5. The molecule has 2 heterocycles. The van der Waals surface area contributed by atoms with Gasteiger partial charge in [-0.25, -0.2) is 0 Å². The Morgan fingerprint density at radius 3 is 2.79 bits per heavy atom. The molecule has 2 N–H and O–H groups in total. The average molecular weight is 333 g/mol. The van der Waals surface area contributed by atoms with Crippen LogP contribution in [0.2, 0.25) is 0 Å². The molecule has 2 aliphatic rings. The molecule has 0 aromatic carbocycles. The Bertz CT molecular complexity index is 596. The number of carbonyl (C=O) groups is 2. The number of nitrogens with one attached hydrogen (secondary N) is 2. The van der Waals surface area contributed by atoms with E-state index in [0.29, 0.717) is 19.0 Å². The first-order chi connectivity index (χ1) is 11.6. The van der Waals surface area contributed by atoms with Gasteiger partial charge in [0.1, 0.15) is 6.04 Å². The van der Waals surface area contributed by atoms with Crippen molar-refractivity contribution in [3.8, 4) is 0 Å². The molecule has 0 spiro atoms. The van der Waals surface area contributed by atoms with Crippen molar-refractivity contribution in [1.29, 1.82) is 0 Å². The number of rotatable bonds is 6. The van der Waals surface area contributed by atoms with E-state index in [2.05, 4.69) is 15.7 Å². The minimum absolute atomic E-state index is 0.0187. The minimum atomic E-state index is -0.410. The predicted molar refractivity (Wildman–Crippen MR) is 90.0 cm³/mol. The van der Waals surface area contributed by atoms with Crippen molar-refractivity contribution >= 4 is 11.8 Å². The number of aryl methyl sites for hydroxylation is 1. The molecule has 1 saturated heterocycles. The predicted octanol–water partition coefficient (Wildman–Crippen LogP) is 0.445. The third-order valence-corrected chi connectivity index (χ3v) is 4.96. The Balaban J connectivity index is 1.59. The Labute approximate surface area is 142 Å². The van der Waals surface area contributed by atoms with E-state index in [1.165, 1.54) is 12.8 Å². The molecule has 2 fully saturated rings. The van der Waals surface area contributed by atoms with Gasteiger partial charge in [0.25, 0.3) is 0 Å². The van der Waals surface area contributed by atoms with E-state index < -0.39 is 6.04 Å². The smallest absolute Gasteiger partial charge is 0.244 e. The molecule has 7 heteroatoms. The first-order valence-electron chi connectivity index (χ1n) is 8.80. The van der Waals surface area contributed by atoms with E-state index in [1.54, 1.807) is 17.9 Å². The molecule has 2 unspecified atom stereocenters. The molecule has 0 radical (unpaired) electrons. The summed E-state index contributed by atoms with van der Waals surface area (Å²) in [5.41, 5.74) is 0.852. The first-order valence-corrected chi connectivity index (χ1v) is 8.80. The summed E-state index contributed by atoms with van der Waals surface area (Å²) in [6.07, 6.45) is 7.74. The van der Waals surface area contributed by atoms with Gasteiger partial charge in [-0.3, -0.25) is 14.3 Å². The molecule has 1 saturated carbocycles. The van der Waals surface area contributed by atoms with Gasteiger partial charge in [0.2, 0.25) is 11.8 Å². The van der Waals surface area contributed by atoms with Crippen LogP contribution < -0.4 is 10.6 Å². The quantitative estimate of drug-likeness (QED) is 0.792. The summed E-state index contributed by atoms with van der Waals surface area (Å²) in [6.45, 7) is 2.01. The molecule has 132 valence electrons. The van der Waals surface area contributed by atoms with Crippen LogP contribution in [-0.4, -0.2) is 53.2 Å². The van der Waals surface area contributed by atoms with Crippen LogP contribution in [-0.2, 0) is 16.6 Å². The summed E-state index contributed by atoms with van der Waals surface area (Å²) in [7, 11) is 3.61. The van der Waals surface area contributed by atoms with Gasteiger partial charge < -0.3 is 15.5 Å². The van der Waals surface area contributed by atoms with E-state index in [1.807, 2.05) is 18.1 Å². The van der Waals surface area contributed by atoms with Crippen LogP contribution >= 0.6 is 0 Å². The Morgan fingerprint density at radius 2 is 2.17 bits per heavy atom. The Morgan fingerprint density at radius 1 is 1.38 bits per heavy atom. The normalized spacial score (nSPS) is 22.2. The molecule has 0 bridgehead atoms. The van der Waals surface area contributed by atoms with Crippen LogP contribution in [0.25, 0.3) is 0 Å². The molecule has 1 aliphatic carbocycles. The fraction of sp³-hybridized carbons (Fsp3) is 0.706. The third kappa shape index (κ3) is 3.95. The fourth-order valence-corrected chi connectivity index (χ4v) is 3.31. The van der Waals surface area contributed by atoms with Gasteiger partial charge in [0.05, 0.1) is 12.1 Å². The second-order valence-electron chi connectivity index (χ2n) is 6.98. The maximum Gasteiger partial charge on any atom is 0.244 e. The summed E-state index contributed by atoms with van der Waals surface area (Å²) in [5, 5.41) is 10.3. The van der Waals surface area contributed by atoms with Crippen molar-refractivity contribution in [2.75, 3.05) is 26.7 Å². The molecular weight excluding hydrogens is 306 g/mol. The number of likely N-dealkylation sites (N-methyl/N-ethyl adjacent to an activating group) is 1. The standard InChI is InChI=1S/C17H27N5O2/c1-18-15(14-9-20-21(2)10-14)17(24)22-7-3-4-13(11-22)16(23)19-8-12-5-6-12/h9-10,12-13,15,18H,3-8,11H2,1-2H3,(H,19,23). The molecule has 1 aromatic rings. The first kappa shape index (κ1) is 17.0. The molecule has 2 atom stereocenters. The number of amides is 2. The summed E-state index contributed by atoms with van der Waals surface area (Å²) >= 11 is 0. The molecule has 24 heavy (non-hydrogen) atoms. The molecule has 1 aromatic heterocycles. The maximum atomic E-state index is 12.9. The van der Waals surface area contributed by atoms with Crippen LogP contribution in [0.4, 0.5) is 0 Å². The average Bonchev–Trinajstić information content (AvgIpc) is 3.34. The van der Waals surface area contributed by atoms with Gasteiger partial charge in [0.15, 0.2) is 0 Å². The van der Waals surface area contributed by atoms with Crippen molar-refractivity contribution < 1.29 is 9.59 Å². The third-order valence-electron chi connectivity index (χ3n) is 4.96. The highest BCUT2D eigenvalue weighted by Crippen LogP contribution is 2.28. The molecular formula is C17H27N5O2. The van der Waals surface area contributed by atoms with E-state index >= 15 is 0 Å². The van der Waals surface area contributed by atoms with Gasteiger partial charge in [-0.15, -0.1) is 0 Å². The van der Waals surface area contributed by atoms with Crippen molar-refractivity contribution in [3.63, 3.8) is 0 Å².